The van der Waals surface area contributed by atoms with Crippen LogP contribution in [0.2, 0.25) is 0 Å². The van der Waals surface area contributed by atoms with Crippen LogP contribution in [-0.2, 0) is 14.3 Å². The number of nitrogens with one attached hydrogen (secondary N) is 2. The molecule has 3 saturated carbocycles. The average molecular weight is 383 g/mol. The number of aromatic nitrogens is 1. The molecule has 6 rings (SSSR count). The Morgan fingerprint density at radius 1 is 1.18 bits per heavy atom. The number of benzene rings is 1. The lowest BCUT2D eigenvalue weighted by molar-refractivity contribution is -0.260. The molecular weight excluding hydrogens is 358 g/mol. The summed E-state index contributed by atoms with van der Waals surface area (Å²) in [7, 11) is 1.73. The smallest absolute Gasteiger partial charge is 0.230 e. The third kappa shape index (κ3) is 2.95. The molecule has 1 aromatic heterocycles. The van der Waals surface area contributed by atoms with Crippen LogP contribution in [0.4, 0.5) is 11.4 Å². The average Bonchev–Trinajstić information content (AvgIpc) is 3.08. The van der Waals surface area contributed by atoms with Gasteiger partial charge in [0.1, 0.15) is 5.75 Å². The van der Waals surface area contributed by atoms with Crippen molar-refractivity contribution in [2.75, 3.05) is 43.6 Å². The van der Waals surface area contributed by atoms with Crippen molar-refractivity contribution in [3.05, 3.63) is 36.5 Å². The molecule has 0 radical (unpaired) electrons. The molecule has 4 fully saturated rings. The molecule has 1 saturated heterocycles. The molecule has 4 aliphatic rings. The Morgan fingerprint density at radius 2 is 1.89 bits per heavy atom. The van der Waals surface area contributed by atoms with Gasteiger partial charge in [-0.3, -0.25) is 4.79 Å². The van der Waals surface area contributed by atoms with Crippen molar-refractivity contribution >= 4 is 17.3 Å². The lowest BCUT2D eigenvalue weighted by Gasteiger charge is -2.67. The summed E-state index contributed by atoms with van der Waals surface area (Å²) in [5.41, 5.74) is 1.63. The molecule has 0 spiro atoms. The fourth-order valence-electron chi connectivity index (χ4n) is 4.59. The van der Waals surface area contributed by atoms with E-state index in [1.54, 1.807) is 13.3 Å². The van der Waals surface area contributed by atoms with Crippen LogP contribution in [0.1, 0.15) is 19.3 Å². The molecule has 2 heterocycles. The van der Waals surface area contributed by atoms with E-state index in [1.165, 1.54) is 5.69 Å². The summed E-state index contributed by atoms with van der Waals surface area (Å²) in [5.74, 6) is 1.42. The van der Waals surface area contributed by atoms with Gasteiger partial charge in [0.05, 0.1) is 29.9 Å². The number of hydrogen-bond acceptors (Lipinski definition) is 5. The van der Waals surface area contributed by atoms with E-state index < -0.39 is 0 Å². The van der Waals surface area contributed by atoms with Crippen LogP contribution in [0.25, 0.3) is 0 Å². The molecule has 0 atom stereocenters. The van der Waals surface area contributed by atoms with E-state index >= 15 is 0 Å². The first kappa shape index (κ1) is 17.6. The van der Waals surface area contributed by atoms with E-state index in [0.717, 1.165) is 57.0 Å². The number of morpholine rings is 1. The SMILES string of the molecule is COC12CC(C(=O)Nc3c[nH]c(Oc4ccc(N5CCOCC5)cc4)c3)(C1)C2. The van der Waals surface area contributed by atoms with Gasteiger partial charge in [-0.15, -0.1) is 0 Å². The number of H-pyrrole nitrogens is 1. The first-order valence-corrected chi connectivity index (χ1v) is 9.76. The maximum Gasteiger partial charge on any atom is 0.230 e. The zero-order valence-electron chi connectivity index (χ0n) is 16.0. The molecule has 2 aromatic rings. The molecule has 0 unspecified atom stereocenters. The Kier molecular flexibility index (Phi) is 4.10. The number of anilines is 2. The monoisotopic (exact) mass is 383 g/mol. The maximum absolute atomic E-state index is 12.5. The molecule has 3 aliphatic carbocycles. The number of methoxy groups -OCH3 is 1. The summed E-state index contributed by atoms with van der Waals surface area (Å²) in [4.78, 5) is 17.9. The number of carbonyl (C=O) groups excluding carboxylic acids is 1. The van der Waals surface area contributed by atoms with Crippen LogP contribution in [-0.4, -0.2) is 49.9 Å². The Bertz CT molecular complexity index is 850. The van der Waals surface area contributed by atoms with Gasteiger partial charge in [0, 0.05) is 38.1 Å². The third-order valence-corrected chi connectivity index (χ3v) is 6.25. The fourth-order valence-corrected chi connectivity index (χ4v) is 4.59. The van der Waals surface area contributed by atoms with Gasteiger partial charge in [-0.1, -0.05) is 0 Å². The van der Waals surface area contributed by atoms with Gasteiger partial charge in [0.2, 0.25) is 5.91 Å². The minimum absolute atomic E-state index is 0.0306. The predicted molar refractivity (Wildman–Crippen MR) is 105 cm³/mol. The van der Waals surface area contributed by atoms with Gasteiger partial charge < -0.3 is 29.4 Å². The van der Waals surface area contributed by atoms with Gasteiger partial charge in [0.25, 0.3) is 0 Å². The molecule has 148 valence electrons. The molecule has 1 aliphatic heterocycles. The number of rotatable bonds is 6. The second-order valence-corrected chi connectivity index (χ2v) is 8.10. The number of carbonyl (C=O) groups is 1. The first-order valence-electron chi connectivity index (χ1n) is 9.76. The van der Waals surface area contributed by atoms with E-state index in [-0.39, 0.29) is 16.9 Å². The highest BCUT2D eigenvalue weighted by Crippen LogP contribution is 2.69. The summed E-state index contributed by atoms with van der Waals surface area (Å²) in [5, 5.41) is 3.00. The van der Waals surface area contributed by atoms with E-state index in [1.807, 2.05) is 18.2 Å². The quantitative estimate of drug-likeness (QED) is 0.801. The minimum atomic E-state index is -0.233. The number of hydrogen-bond donors (Lipinski definition) is 2. The van der Waals surface area contributed by atoms with Crippen molar-refractivity contribution in [3.63, 3.8) is 0 Å². The zero-order chi connectivity index (χ0) is 19.2. The molecule has 1 amide bonds. The zero-order valence-corrected chi connectivity index (χ0v) is 16.0. The van der Waals surface area contributed by atoms with E-state index in [9.17, 15) is 4.79 Å². The largest absolute Gasteiger partial charge is 0.441 e. The van der Waals surface area contributed by atoms with Crippen molar-refractivity contribution in [3.8, 4) is 11.6 Å². The lowest BCUT2D eigenvalue weighted by Crippen LogP contribution is -2.72. The first-order chi connectivity index (χ1) is 13.6. The molecule has 2 N–H and O–H groups in total. The highest BCUT2D eigenvalue weighted by atomic mass is 16.5. The van der Waals surface area contributed by atoms with Crippen molar-refractivity contribution in [1.29, 1.82) is 0 Å². The van der Waals surface area contributed by atoms with Crippen molar-refractivity contribution in [1.82, 2.24) is 4.98 Å². The maximum atomic E-state index is 12.5. The summed E-state index contributed by atoms with van der Waals surface area (Å²) in [6, 6.07) is 9.83. The fraction of sp³-hybridized carbons (Fsp3) is 0.476. The Hall–Kier alpha value is -2.51. The van der Waals surface area contributed by atoms with Gasteiger partial charge in [-0.05, 0) is 43.5 Å². The van der Waals surface area contributed by atoms with Crippen LogP contribution in [0.5, 0.6) is 11.6 Å². The van der Waals surface area contributed by atoms with Crippen molar-refractivity contribution in [2.45, 2.75) is 24.9 Å². The predicted octanol–water partition coefficient (Wildman–Crippen LogP) is 3.15. The van der Waals surface area contributed by atoms with Gasteiger partial charge in [-0.2, -0.15) is 0 Å². The van der Waals surface area contributed by atoms with Crippen LogP contribution in [0, 0.1) is 5.41 Å². The van der Waals surface area contributed by atoms with Gasteiger partial charge in [-0.25, -0.2) is 0 Å². The lowest BCUT2D eigenvalue weighted by atomic mass is 9.40. The third-order valence-electron chi connectivity index (χ3n) is 6.25. The van der Waals surface area contributed by atoms with Crippen LogP contribution in [0.15, 0.2) is 36.5 Å². The van der Waals surface area contributed by atoms with E-state index in [2.05, 4.69) is 27.3 Å². The van der Waals surface area contributed by atoms with E-state index in [4.69, 9.17) is 14.2 Å². The van der Waals surface area contributed by atoms with Gasteiger partial charge >= 0.3 is 0 Å². The van der Waals surface area contributed by atoms with Crippen molar-refractivity contribution < 1.29 is 19.0 Å². The second kappa shape index (κ2) is 6.53. The van der Waals surface area contributed by atoms with E-state index in [0.29, 0.717) is 5.88 Å². The molecule has 7 nitrogen and oxygen atoms in total. The Balaban J connectivity index is 1.17. The number of nitrogens with zero attached hydrogens (tertiary/aromatic N) is 1. The molecule has 2 bridgehead atoms. The highest BCUT2D eigenvalue weighted by molar-refractivity contribution is 5.98. The van der Waals surface area contributed by atoms with Crippen LogP contribution >= 0.6 is 0 Å². The van der Waals surface area contributed by atoms with Crippen LogP contribution in [0.3, 0.4) is 0 Å². The summed E-state index contributed by atoms with van der Waals surface area (Å²) in [6.07, 6.45) is 4.23. The Labute approximate surface area is 164 Å². The number of aromatic amines is 1. The highest BCUT2D eigenvalue weighted by Gasteiger charge is 2.72. The van der Waals surface area contributed by atoms with Gasteiger partial charge in [0.15, 0.2) is 5.88 Å². The minimum Gasteiger partial charge on any atom is -0.441 e. The summed E-state index contributed by atoms with van der Waals surface area (Å²) >= 11 is 0. The molecule has 7 heteroatoms. The summed E-state index contributed by atoms with van der Waals surface area (Å²) in [6.45, 7) is 3.35. The standard InChI is InChI=1S/C21H25N3O4/c1-26-21-12-20(13-21,14-21)19(25)23-15-10-18(22-11-15)28-17-4-2-16(3-5-17)24-6-8-27-9-7-24/h2-5,10-11,22H,6-9,12-14H2,1H3,(H,23,25). The molecular formula is C21H25N3O4. The summed E-state index contributed by atoms with van der Waals surface area (Å²) < 4.78 is 16.7. The van der Waals surface area contributed by atoms with Crippen LogP contribution < -0.4 is 15.0 Å². The second-order valence-electron chi connectivity index (χ2n) is 8.10. The topological polar surface area (TPSA) is 75.8 Å². The molecule has 28 heavy (non-hydrogen) atoms. The Morgan fingerprint density at radius 3 is 2.57 bits per heavy atom. The number of amides is 1. The number of ether oxygens (including phenoxy) is 3. The normalized spacial score (nSPS) is 28.2. The molecule has 1 aromatic carbocycles. The van der Waals surface area contributed by atoms with Crippen molar-refractivity contribution in [2.24, 2.45) is 5.41 Å².